The van der Waals surface area contributed by atoms with Crippen molar-refractivity contribution >= 4 is 80.2 Å². The zero-order valence-corrected chi connectivity index (χ0v) is 78.8. The number of aromatic nitrogens is 2. The molecule has 2 aromatic heterocycles. The number of pyridine rings is 2. The van der Waals surface area contributed by atoms with Crippen LogP contribution in [0.3, 0.4) is 0 Å². The molecule has 2 heterocycles. The third-order valence-electron chi connectivity index (χ3n) is 21.9. The van der Waals surface area contributed by atoms with E-state index < -0.39 is 26.0 Å². The van der Waals surface area contributed by atoms with Gasteiger partial charge in [0.2, 0.25) is 0 Å². The van der Waals surface area contributed by atoms with Crippen LogP contribution in [0.15, 0.2) is 437 Å². The van der Waals surface area contributed by atoms with Gasteiger partial charge in [-0.05, 0) is 110 Å². The standard InChI is InChI=1S/C40H31F3NOP.C40H34NO2P.2C18H14N.2Au/c1-39(2,3)32-20-14-29(15-21-32)37-26-31(27-38(44-37)30-16-22-33(23-17-30)40(41,42)43)28-18-24-36(25-19-28)46(45,34-10-6-4-7-11-34)35-12-8-5-9-13-35;1-40(2,3)33-21-15-30(16-22-33)38-27-32(28-39(41-38)31-17-23-34(43-4)24-18-31)29-19-25-37(26-20-29)44(42,35-11-7-5-8-12-35)36-13-9-6-10-14-36;2*1-4-10-16(11-5-1)19(17-12-6-2-7-13-17)18-14-8-3-9-15-18;;/h4-14,16,18-27H,1-3H3;5-15,17,19-28H,1-4H3;2*1-2,4-15H;;/q2*-2;2*-1;2*+3. The minimum atomic E-state index is -4.46. The number of methoxy groups -OCH3 is 1. The number of anilines is 6. The van der Waals surface area contributed by atoms with Crippen LogP contribution in [-0.2, 0) is 70.9 Å². The summed E-state index contributed by atoms with van der Waals surface area (Å²) in [6.45, 7) is 13.0. The van der Waals surface area contributed by atoms with Crippen molar-refractivity contribution in [1.29, 1.82) is 0 Å². The Morgan fingerprint density at radius 1 is 0.277 bits per heavy atom. The van der Waals surface area contributed by atoms with Crippen LogP contribution in [0.2, 0.25) is 0 Å². The summed E-state index contributed by atoms with van der Waals surface area (Å²) >= 11 is 0. The van der Waals surface area contributed by atoms with Crippen molar-refractivity contribution in [2.45, 2.75) is 58.5 Å². The second kappa shape index (κ2) is 43.4. The monoisotopic (exact) mass is 2100 g/mol. The second-order valence-electron chi connectivity index (χ2n) is 32.5. The average Bonchev–Trinajstić information content (AvgIpc) is 0.763. The van der Waals surface area contributed by atoms with Crippen LogP contribution in [0.4, 0.5) is 47.3 Å². The number of ether oxygens (including phenoxy) is 1. The van der Waals surface area contributed by atoms with E-state index >= 15 is 0 Å². The van der Waals surface area contributed by atoms with E-state index in [2.05, 4.69) is 252 Å². The topological polar surface area (TPSA) is 75.6 Å². The van der Waals surface area contributed by atoms with Gasteiger partial charge in [0, 0.05) is 60.3 Å². The third-order valence-corrected chi connectivity index (χ3v) is 28.0. The van der Waals surface area contributed by atoms with Crippen molar-refractivity contribution in [3.63, 3.8) is 0 Å². The Kier molecular flexibility index (Phi) is 31.5. The Balaban J connectivity index is 0.000000158. The van der Waals surface area contributed by atoms with Gasteiger partial charge in [0.15, 0.2) is 14.3 Å². The molecule has 7 nitrogen and oxygen atoms in total. The molecule has 16 aromatic carbocycles. The van der Waals surface area contributed by atoms with Crippen LogP contribution >= 0.6 is 14.3 Å². The van der Waals surface area contributed by atoms with E-state index in [4.69, 9.17) is 14.7 Å². The minimum Gasteiger partial charge on any atom is -0.540 e. The number of alkyl halides is 3. The predicted octanol–water partition coefficient (Wildman–Crippen LogP) is 28.2. The van der Waals surface area contributed by atoms with Gasteiger partial charge in [-0.25, -0.2) is 0 Å². The van der Waals surface area contributed by atoms with Crippen molar-refractivity contribution in [1.82, 2.24) is 9.97 Å². The Hall–Kier alpha value is -13.0. The molecule has 0 spiro atoms. The number of benzene rings is 16. The number of hydrogen-bond donors (Lipinski definition) is 0. The minimum absolute atomic E-state index is 0. The van der Waals surface area contributed by atoms with E-state index in [0.29, 0.717) is 22.3 Å². The molecule has 18 aromatic rings. The Morgan fingerprint density at radius 3 is 0.746 bits per heavy atom. The van der Waals surface area contributed by atoms with Crippen molar-refractivity contribution in [2.75, 3.05) is 16.9 Å². The summed E-state index contributed by atoms with van der Waals surface area (Å²) in [6.07, 6.45) is -4.46. The molecule has 0 amide bonds. The van der Waals surface area contributed by atoms with Gasteiger partial charge in [-0.2, -0.15) is 49.6 Å². The first kappa shape index (κ1) is 94.6. The van der Waals surface area contributed by atoms with Crippen molar-refractivity contribution in [3.8, 4) is 73.0 Å². The van der Waals surface area contributed by atoms with Crippen LogP contribution in [0.5, 0.6) is 5.75 Å². The number of rotatable bonds is 19. The molecular formula is C116H93Au2F3N4O3P2. The van der Waals surface area contributed by atoms with Gasteiger partial charge in [0.25, 0.3) is 0 Å². The molecule has 0 saturated carbocycles. The smallest absolute Gasteiger partial charge is 0.540 e. The molecule has 0 radical (unpaired) electrons. The largest absolute Gasteiger partial charge is 3.00 e. The van der Waals surface area contributed by atoms with Crippen LogP contribution in [0.25, 0.3) is 67.3 Å². The summed E-state index contributed by atoms with van der Waals surface area (Å²) in [5, 5.41) is 4.62. The molecule has 0 unspecified atom stereocenters. The molecule has 0 aliphatic carbocycles. The maximum absolute atomic E-state index is 14.9. The zero-order valence-electron chi connectivity index (χ0n) is 72.7. The molecule has 14 heteroatoms. The van der Waals surface area contributed by atoms with Gasteiger partial charge in [-0.15, -0.1) is 155 Å². The quantitative estimate of drug-likeness (QED) is 0.0454. The van der Waals surface area contributed by atoms with Crippen LogP contribution in [0, 0.1) is 36.4 Å². The second-order valence-corrected chi connectivity index (χ2v) is 38.1. The average molecular weight is 2100 g/mol. The fourth-order valence-electron chi connectivity index (χ4n) is 14.9. The summed E-state index contributed by atoms with van der Waals surface area (Å²) in [6, 6.07) is 160. The molecule has 0 bridgehead atoms. The maximum Gasteiger partial charge on any atom is 3.00 e. The maximum atomic E-state index is 14.9. The van der Waals surface area contributed by atoms with Gasteiger partial charge < -0.3 is 33.6 Å². The zero-order chi connectivity index (χ0) is 89.1. The van der Waals surface area contributed by atoms with E-state index in [1.54, 1.807) is 7.11 Å². The third kappa shape index (κ3) is 23.0. The number of hydrogen-bond acceptors (Lipinski definition) is 7. The van der Waals surface area contributed by atoms with Crippen LogP contribution < -0.4 is 46.4 Å². The fraction of sp³-hybridized carbons (Fsp3) is 0.0862. The SMILES string of the molecule is CC(C)(C)c1c[c-]c(-c2cc(-c3ccc(P(=O)(c4ccccc4)c4ccccc4)cc3)cc(-c3[c-]cc(C(F)(F)F)cc3)n2)cc1.COc1c[c-]c(-c2cc(-c3ccc(P(=O)(c4ccccc4)c4ccccc4)cc3)cc(-c3[c-]cc(C(C)(C)C)cc3)n2)cc1.[Au+3].[Au+3].[c-]1ccc(N(c2ccccc2)c2ccccc2)cc1.[c-]1ccc(N(c2ccccc2)c2ccccc2)cc1. The van der Waals surface area contributed by atoms with Crippen molar-refractivity contribution in [2.24, 2.45) is 0 Å². The van der Waals surface area contributed by atoms with E-state index in [-0.39, 0.29) is 55.6 Å². The van der Waals surface area contributed by atoms with Gasteiger partial charge in [0.05, 0.1) is 7.11 Å². The first-order valence-electron chi connectivity index (χ1n) is 42.2. The van der Waals surface area contributed by atoms with Crippen molar-refractivity contribution in [3.05, 3.63) is 490 Å². The number of nitrogens with zero attached hydrogens (tertiary/aromatic N) is 4. The molecule has 648 valence electrons. The van der Waals surface area contributed by atoms with Crippen LogP contribution in [-0.4, -0.2) is 17.1 Å². The van der Waals surface area contributed by atoms with E-state index in [9.17, 15) is 22.3 Å². The Morgan fingerprint density at radius 2 is 0.515 bits per heavy atom. The first-order valence-corrected chi connectivity index (χ1v) is 45.6. The predicted molar refractivity (Wildman–Crippen MR) is 524 cm³/mol. The molecule has 0 aliphatic heterocycles. The summed E-state index contributed by atoms with van der Waals surface area (Å²) < 4.78 is 74.9. The molecule has 0 aliphatic rings. The Labute approximate surface area is 793 Å². The van der Waals surface area contributed by atoms with Crippen LogP contribution in [0.1, 0.15) is 58.2 Å². The number of para-hydroxylation sites is 4. The van der Waals surface area contributed by atoms with Gasteiger partial charge in [-0.1, -0.05) is 320 Å². The summed E-state index contributed by atoms with van der Waals surface area (Å²) in [4.78, 5) is 14.3. The van der Waals surface area contributed by atoms with Crippen molar-refractivity contribution < 1.29 is 71.8 Å². The molecule has 0 fully saturated rings. The Bertz CT molecular complexity index is 6230. The van der Waals surface area contributed by atoms with Gasteiger partial charge >= 0.3 is 50.9 Å². The van der Waals surface area contributed by atoms with Gasteiger partial charge in [-0.3, -0.25) is 0 Å². The van der Waals surface area contributed by atoms with E-state index in [0.717, 1.165) is 134 Å². The number of halogens is 3. The summed E-state index contributed by atoms with van der Waals surface area (Å²) in [5.41, 5.74) is 17.8. The molecule has 0 atom stereocenters. The molecule has 130 heavy (non-hydrogen) atoms. The van der Waals surface area contributed by atoms with Gasteiger partial charge in [0.1, 0.15) is 0 Å². The summed E-state index contributed by atoms with van der Waals surface area (Å²) in [5.74, 6) is 0.744. The summed E-state index contributed by atoms with van der Waals surface area (Å²) in [7, 11) is -4.57. The molecule has 0 N–H and O–H groups in total. The normalized spacial score (nSPS) is 11.2. The molecular weight excluding hydrogens is 2010 g/mol. The molecule has 18 rings (SSSR count). The first-order chi connectivity index (χ1) is 62.1. The fourth-order valence-corrected chi connectivity index (χ4v) is 20.2. The molecule has 0 saturated heterocycles. The van der Waals surface area contributed by atoms with E-state index in [1.807, 2.05) is 255 Å². The van der Waals surface area contributed by atoms with E-state index in [1.165, 1.54) is 11.6 Å².